The third-order valence-electron chi connectivity index (χ3n) is 3.98. The van der Waals surface area contributed by atoms with Crippen molar-refractivity contribution in [3.8, 4) is 0 Å². The van der Waals surface area contributed by atoms with Gasteiger partial charge in [0, 0.05) is 6.61 Å². The standard InChI is InChI=1S/C23H40O3/c1-2-3-4-5-6-7-8-9-10-11-12-13-14-15-16-17-18-19-20-26-23(21-24)22-25/h6-7,9-10,12-13,15-16,23-25H,2-5,8,11,14,17-22H2,1H3/b7-6+,10-9+,13-12-,16-15-. The third-order valence-corrected chi connectivity index (χ3v) is 3.98. The van der Waals surface area contributed by atoms with Gasteiger partial charge in [-0.1, -0.05) is 68.4 Å². The van der Waals surface area contributed by atoms with Crippen LogP contribution >= 0.6 is 0 Å². The van der Waals surface area contributed by atoms with Gasteiger partial charge in [0.2, 0.25) is 0 Å². The highest BCUT2D eigenvalue weighted by molar-refractivity contribution is 4.99. The summed E-state index contributed by atoms with van der Waals surface area (Å²) >= 11 is 0. The number of aliphatic hydroxyl groups is 2. The number of rotatable bonds is 18. The molecule has 0 aromatic heterocycles. The Morgan fingerprint density at radius 1 is 0.654 bits per heavy atom. The van der Waals surface area contributed by atoms with Crippen LogP contribution in [0.15, 0.2) is 48.6 Å². The van der Waals surface area contributed by atoms with Gasteiger partial charge < -0.3 is 14.9 Å². The van der Waals surface area contributed by atoms with E-state index >= 15 is 0 Å². The van der Waals surface area contributed by atoms with Gasteiger partial charge >= 0.3 is 0 Å². The van der Waals surface area contributed by atoms with Crippen LogP contribution in [0.25, 0.3) is 0 Å². The highest BCUT2D eigenvalue weighted by Gasteiger charge is 2.03. The van der Waals surface area contributed by atoms with Gasteiger partial charge in [-0.25, -0.2) is 0 Å². The Labute approximate surface area is 161 Å². The van der Waals surface area contributed by atoms with Crippen molar-refractivity contribution in [1.29, 1.82) is 0 Å². The molecule has 0 spiro atoms. The summed E-state index contributed by atoms with van der Waals surface area (Å²) in [5.41, 5.74) is 0. The van der Waals surface area contributed by atoms with E-state index in [1.807, 2.05) is 0 Å². The maximum absolute atomic E-state index is 8.87. The van der Waals surface area contributed by atoms with Crippen molar-refractivity contribution in [1.82, 2.24) is 0 Å². The monoisotopic (exact) mass is 364 g/mol. The molecule has 0 fully saturated rings. The van der Waals surface area contributed by atoms with Crippen LogP contribution in [0.1, 0.15) is 71.1 Å². The third kappa shape index (κ3) is 19.2. The van der Waals surface area contributed by atoms with Crippen molar-refractivity contribution in [3.05, 3.63) is 48.6 Å². The topological polar surface area (TPSA) is 49.7 Å². The van der Waals surface area contributed by atoms with Crippen molar-refractivity contribution in [2.45, 2.75) is 77.2 Å². The lowest BCUT2D eigenvalue weighted by atomic mass is 10.2. The molecule has 0 radical (unpaired) electrons. The maximum atomic E-state index is 8.87. The Morgan fingerprint density at radius 3 is 1.58 bits per heavy atom. The van der Waals surface area contributed by atoms with Crippen molar-refractivity contribution in [2.75, 3.05) is 19.8 Å². The summed E-state index contributed by atoms with van der Waals surface area (Å²) in [6.45, 7) is 2.60. The minimum absolute atomic E-state index is 0.117. The first-order chi connectivity index (χ1) is 12.8. The summed E-state index contributed by atoms with van der Waals surface area (Å²) in [6, 6.07) is 0. The zero-order chi connectivity index (χ0) is 19.1. The Morgan fingerprint density at radius 2 is 1.12 bits per heavy atom. The molecule has 0 heterocycles. The molecule has 0 aromatic carbocycles. The fourth-order valence-electron chi connectivity index (χ4n) is 2.34. The van der Waals surface area contributed by atoms with Crippen molar-refractivity contribution in [3.63, 3.8) is 0 Å². The Hall–Kier alpha value is -1.16. The lowest BCUT2D eigenvalue weighted by molar-refractivity contribution is -0.0206. The minimum Gasteiger partial charge on any atom is -0.394 e. The number of hydrogen-bond donors (Lipinski definition) is 2. The second-order valence-electron chi connectivity index (χ2n) is 6.44. The normalized spacial score (nSPS) is 12.8. The van der Waals surface area contributed by atoms with E-state index in [0.717, 1.165) is 38.5 Å². The fourth-order valence-corrected chi connectivity index (χ4v) is 2.34. The first-order valence-corrected chi connectivity index (χ1v) is 10.3. The molecule has 0 aliphatic heterocycles. The van der Waals surface area contributed by atoms with Crippen molar-refractivity contribution in [2.24, 2.45) is 0 Å². The maximum Gasteiger partial charge on any atom is 0.104 e. The highest BCUT2D eigenvalue weighted by atomic mass is 16.5. The number of aliphatic hydroxyl groups excluding tert-OH is 2. The highest BCUT2D eigenvalue weighted by Crippen LogP contribution is 2.02. The predicted molar refractivity (Wildman–Crippen MR) is 112 cm³/mol. The van der Waals surface area contributed by atoms with E-state index in [1.165, 1.54) is 25.7 Å². The molecule has 0 atom stereocenters. The minimum atomic E-state index is -0.424. The van der Waals surface area contributed by atoms with Crippen LogP contribution in [0.4, 0.5) is 0 Å². The number of ether oxygens (including phenoxy) is 1. The largest absolute Gasteiger partial charge is 0.394 e. The molecule has 26 heavy (non-hydrogen) atoms. The summed E-state index contributed by atoms with van der Waals surface area (Å²) in [5.74, 6) is 0. The van der Waals surface area contributed by atoms with Crippen LogP contribution in [0.5, 0.6) is 0 Å². The molecule has 3 heteroatoms. The SMILES string of the molecule is CCCCC/C=C/C/C=C/C/C=C\C/C=C\CCCCOC(CO)CO. The van der Waals surface area contributed by atoms with Crippen LogP contribution < -0.4 is 0 Å². The summed E-state index contributed by atoms with van der Waals surface area (Å²) in [4.78, 5) is 0. The lowest BCUT2D eigenvalue weighted by Gasteiger charge is -2.11. The van der Waals surface area contributed by atoms with Gasteiger partial charge in [-0.15, -0.1) is 0 Å². The van der Waals surface area contributed by atoms with Crippen LogP contribution in [0.2, 0.25) is 0 Å². The van der Waals surface area contributed by atoms with E-state index in [-0.39, 0.29) is 13.2 Å². The van der Waals surface area contributed by atoms with Gasteiger partial charge in [-0.3, -0.25) is 0 Å². The Kier molecular flexibility index (Phi) is 20.9. The summed E-state index contributed by atoms with van der Waals surface area (Å²) in [5, 5.41) is 17.7. The zero-order valence-electron chi connectivity index (χ0n) is 16.7. The van der Waals surface area contributed by atoms with E-state index in [4.69, 9.17) is 14.9 Å². The Balaban J connectivity index is 3.41. The van der Waals surface area contributed by atoms with Crippen LogP contribution in [0.3, 0.4) is 0 Å². The van der Waals surface area contributed by atoms with Crippen LogP contribution in [-0.4, -0.2) is 36.1 Å². The summed E-state index contributed by atoms with van der Waals surface area (Å²) in [6.07, 6.45) is 28.7. The smallest absolute Gasteiger partial charge is 0.104 e. The van der Waals surface area contributed by atoms with E-state index < -0.39 is 6.10 Å². The first kappa shape index (κ1) is 24.8. The van der Waals surface area contributed by atoms with E-state index in [0.29, 0.717) is 6.61 Å². The molecule has 0 unspecified atom stereocenters. The van der Waals surface area contributed by atoms with E-state index in [1.54, 1.807) is 0 Å². The second-order valence-corrected chi connectivity index (χ2v) is 6.44. The number of unbranched alkanes of at least 4 members (excludes halogenated alkanes) is 5. The van der Waals surface area contributed by atoms with Crippen molar-refractivity contribution < 1.29 is 14.9 Å². The molecule has 0 amide bonds. The molecule has 0 saturated heterocycles. The van der Waals surface area contributed by atoms with E-state index in [2.05, 4.69) is 55.5 Å². The van der Waals surface area contributed by atoms with Gasteiger partial charge in [-0.2, -0.15) is 0 Å². The van der Waals surface area contributed by atoms with Gasteiger partial charge in [0.25, 0.3) is 0 Å². The van der Waals surface area contributed by atoms with Gasteiger partial charge in [0.15, 0.2) is 0 Å². The second kappa shape index (κ2) is 21.9. The molecule has 0 saturated carbocycles. The predicted octanol–water partition coefficient (Wildman–Crippen LogP) is 5.50. The molecule has 2 N–H and O–H groups in total. The molecule has 3 nitrogen and oxygen atoms in total. The lowest BCUT2D eigenvalue weighted by Crippen LogP contribution is -2.22. The first-order valence-electron chi connectivity index (χ1n) is 10.3. The fraction of sp³-hybridized carbons (Fsp3) is 0.652. The molecule has 0 bridgehead atoms. The zero-order valence-corrected chi connectivity index (χ0v) is 16.7. The molecule has 0 aromatic rings. The molecular weight excluding hydrogens is 324 g/mol. The van der Waals surface area contributed by atoms with Crippen LogP contribution in [-0.2, 0) is 4.74 Å². The molecule has 0 aliphatic carbocycles. The summed E-state index contributed by atoms with van der Waals surface area (Å²) in [7, 11) is 0. The van der Waals surface area contributed by atoms with Gasteiger partial charge in [0.05, 0.1) is 13.2 Å². The molecular formula is C23H40O3. The van der Waals surface area contributed by atoms with E-state index in [9.17, 15) is 0 Å². The van der Waals surface area contributed by atoms with Crippen LogP contribution in [0, 0.1) is 0 Å². The molecule has 150 valence electrons. The Bertz CT molecular complexity index is 379. The average Bonchev–Trinajstić information content (AvgIpc) is 2.66. The van der Waals surface area contributed by atoms with Gasteiger partial charge in [-0.05, 0) is 51.4 Å². The number of hydrogen-bond acceptors (Lipinski definition) is 3. The van der Waals surface area contributed by atoms with Crippen molar-refractivity contribution >= 4 is 0 Å². The molecule has 0 rings (SSSR count). The number of allylic oxidation sites excluding steroid dienone is 8. The summed E-state index contributed by atoms with van der Waals surface area (Å²) < 4.78 is 5.32. The quantitative estimate of drug-likeness (QED) is 0.249. The molecule has 0 aliphatic rings. The van der Waals surface area contributed by atoms with Gasteiger partial charge in [0.1, 0.15) is 6.10 Å². The average molecular weight is 365 g/mol.